The molecule has 0 bridgehead atoms. The smallest absolute Gasteiger partial charge is 0.0934 e. The molecule has 0 fully saturated rings. The van der Waals surface area contributed by atoms with Crippen LogP contribution in [-0.2, 0) is 6.42 Å². The minimum atomic E-state index is 0.345. The summed E-state index contributed by atoms with van der Waals surface area (Å²) in [6.07, 6.45) is 3.62. The second-order valence-corrected chi connectivity index (χ2v) is 8.00. The van der Waals surface area contributed by atoms with Crippen molar-refractivity contribution < 1.29 is 0 Å². The number of hydrogen-bond acceptors (Lipinski definition) is 2. The maximum atomic E-state index is 6.17. The Balaban J connectivity index is 1.76. The number of halogens is 2. The fourth-order valence-corrected chi connectivity index (χ4v) is 4.49. The lowest BCUT2D eigenvalue weighted by molar-refractivity contribution is 0.418. The summed E-state index contributed by atoms with van der Waals surface area (Å²) in [5.41, 5.74) is 2.73. The average Bonchev–Trinajstić information content (AvgIpc) is 2.81. The van der Waals surface area contributed by atoms with Crippen LogP contribution >= 0.6 is 38.9 Å². The molecule has 1 N–H and O–H groups in total. The maximum absolute atomic E-state index is 6.17. The molecule has 3 rings (SSSR count). The van der Waals surface area contributed by atoms with Crippen LogP contribution in [0.5, 0.6) is 0 Å². The molecule has 2 aromatic rings. The summed E-state index contributed by atoms with van der Waals surface area (Å²) in [7, 11) is 0. The number of nitrogens with one attached hydrogen (secondary N) is 1. The van der Waals surface area contributed by atoms with Gasteiger partial charge >= 0.3 is 0 Å². The summed E-state index contributed by atoms with van der Waals surface area (Å²) in [4.78, 5) is 1.46. The number of rotatable bonds is 3. The molecular weight excluding hydrogens is 354 g/mol. The van der Waals surface area contributed by atoms with Gasteiger partial charge in [-0.3, -0.25) is 0 Å². The molecular formula is C16H17BrClNS. The van der Waals surface area contributed by atoms with E-state index in [0.717, 1.165) is 8.81 Å². The van der Waals surface area contributed by atoms with Crippen LogP contribution in [0.2, 0.25) is 4.34 Å². The molecule has 0 aliphatic heterocycles. The summed E-state index contributed by atoms with van der Waals surface area (Å²) >= 11 is 11.4. The molecule has 1 heterocycles. The average molecular weight is 371 g/mol. The summed E-state index contributed by atoms with van der Waals surface area (Å²) < 4.78 is 2.04. The summed E-state index contributed by atoms with van der Waals surface area (Å²) in [6, 6.07) is 11.5. The molecule has 1 aromatic carbocycles. The summed E-state index contributed by atoms with van der Waals surface area (Å²) in [5, 5.41) is 3.76. The highest BCUT2D eigenvalue weighted by atomic mass is 79.9. The van der Waals surface area contributed by atoms with Gasteiger partial charge in [0, 0.05) is 21.4 Å². The zero-order chi connectivity index (χ0) is 14.1. The molecule has 0 spiro atoms. The zero-order valence-electron chi connectivity index (χ0n) is 11.3. The molecule has 1 aromatic heterocycles. The van der Waals surface area contributed by atoms with Crippen LogP contribution in [0.4, 0.5) is 0 Å². The Morgan fingerprint density at radius 3 is 2.85 bits per heavy atom. The van der Waals surface area contributed by atoms with E-state index < -0.39 is 0 Å². The topological polar surface area (TPSA) is 12.0 Å². The van der Waals surface area contributed by atoms with Gasteiger partial charge in [0.2, 0.25) is 0 Å². The van der Waals surface area contributed by atoms with Gasteiger partial charge in [0.05, 0.1) is 4.34 Å². The standard InChI is InChI=1S/C16H17BrClNS/c1-10(11-5-7-12(17)8-6-11)19-14-3-2-4-15-13(14)9-16(18)20-15/h5-10,14,19H,2-4H2,1H3/t10-,14?/m0/s1. The highest BCUT2D eigenvalue weighted by Gasteiger charge is 2.24. The predicted molar refractivity (Wildman–Crippen MR) is 90.7 cm³/mol. The van der Waals surface area contributed by atoms with Crippen molar-refractivity contribution in [1.29, 1.82) is 0 Å². The van der Waals surface area contributed by atoms with Gasteiger partial charge in [-0.1, -0.05) is 39.7 Å². The van der Waals surface area contributed by atoms with Crippen LogP contribution in [-0.4, -0.2) is 0 Å². The molecule has 4 heteroatoms. The Kier molecular flexibility index (Phi) is 4.51. The first-order valence-corrected chi connectivity index (χ1v) is 8.92. The first-order chi connectivity index (χ1) is 9.63. The van der Waals surface area contributed by atoms with E-state index in [1.54, 1.807) is 11.3 Å². The van der Waals surface area contributed by atoms with E-state index in [1.165, 1.54) is 35.3 Å². The number of benzene rings is 1. The monoisotopic (exact) mass is 369 g/mol. The lowest BCUT2D eigenvalue weighted by Crippen LogP contribution is -2.27. The molecule has 0 saturated carbocycles. The highest BCUT2D eigenvalue weighted by Crippen LogP contribution is 2.38. The van der Waals surface area contributed by atoms with Crippen molar-refractivity contribution in [3.8, 4) is 0 Å². The van der Waals surface area contributed by atoms with Gasteiger partial charge in [-0.15, -0.1) is 11.3 Å². The molecule has 1 unspecified atom stereocenters. The van der Waals surface area contributed by atoms with Crippen molar-refractivity contribution in [2.24, 2.45) is 0 Å². The van der Waals surface area contributed by atoms with Gasteiger partial charge in [-0.2, -0.15) is 0 Å². The van der Waals surface area contributed by atoms with Gasteiger partial charge in [0.15, 0.2) is 0 Å². The fraction of sp³-hybridized carbons (Fsp3) is 0.375. The minimum absolute atomic E-state index is 0.345. The number of aryl methyl sites for hydroxylation is 1. The lowest BCUT2D eigenvalue weighted by Gasteiger charge is -2.27. The summed E-state index contributed by atoms with van der Waals surface area (Å²) in [6.45, 7) is 2.23. The van der Waals surface area contributed by atoms with Crippen molar-refractivity contribution in [3.05, 3.63) is 55.1 Å². The van der Waals surface area contributed by atoms with Crippen molar-refractivity contribution in [2.45, 2.75) is 38.3 Å². The largest absolute Gasteiger partial charge is 0.303 e. The SMILES string of the molecule is C[C@H](NC1CCCc2sc(Cl)cc21)c1ccc(Br)cc1. The molecule has 0 saturated heterocycles. The van der Waals surface area contributed by atoms with Gasteiger partial charge < -0.3 is 5.32 Å². The zero-order valence-corrected chi connectivity index (χ0v) is 14.5. The van der Waals surface area contributed by atoms with E-state index in [0.29, 0.717) is 12.1 Å². The highest BCUT2D eigenvalue weighted by molar-refractivity contribution is 9.10. The third-order valence-corrected chi connectivity index (χ3v) is 5.77. The molecule has 106 valence electrons. The molecule has 1 nitrogen and oxygen atoms in total. The Labute approximate surface area is 137 Å². The van der Waals surface area contributed by atoms with E-state index >= 15 is 0 Å². The fourth-order valence-electron chi connectivity index (χ4n) is 2.84. The predicted octanol–water partition coefficient (Wildman–Crippen LogP) is 5.89. The summed E-state index contributed by atoms with van der Waals surface area (Å²) in [5.74, 6) is 0. The Bertz CT molecular complexity index is 593. The Morgan fingerprint density at radius 1 is 1.35 bits per heavy atom. The first-order valence-electron chi connectivity index (χ1n) is 6.93. The number of thiophene rings is 1. The molecule has 1 aliphatic rings. The minimum Gasteiger partial charge on any atom is -0.303 e. The van der Waals surface area contributed by atoms with E-state index in [4.69, 9.17) is 11.6 Å². The van der Waals surface area contributed by atoms with Crippen LogP contribution < -0.4 is 5.32 Å². The van der Waals surface area contributed by atoms with E-state index in [2.05, 4.69) is 58.5 Å². The van der Waals surface area contributed by atoms with E-state index in [9.17, 15) is 0 Å². The second kappa shape index (κ2) is 6.18. The van der Waals surface area contributed by atoms with Crippen molar-refractivity contribution >= 4 is 38.9 Å². The van der Waals surface area contributed by atoms with E-state index in [-0.39, 0.29) is 0 Å². The molecule has 2 atom stereocenters. The molecule has 0 radical (unpaired) electrons. The molecule has 20 heavy (non-hydrogen) atoms. The van der Waals surface area contributed by atoms with Crippen LogP contribution in [0.3, 0.4) is 0 Å². The number of hydrogen-bond donors (Lipinski definition) is 1. The van der Waals surface area contributed by atoms with Gasteiger partial charge in [-0.05, 0) is 55.5 Å². The number of fused-ring (bicyclic) bond motifs is 1. The maximum Gasteiger partial charge on any atom is 0.0934 e. The lowest BCUT2D eigenvalue weighted by atomic mass is 9.93. The van der Waals surface area contributed by atoms with E-state index in [1.807, 2.05) is 0 Å². The van der Waals surface area contributed by atoms with Crippen molar-refractivity contribution in [2.75, 3.05) is 0 Å². The van der Waals surface area contributed by atoms with Crippen LogP contribution in [0, 0.1) is 0 Å². The van der Waals surface area contributed by atoms with Gasteiger partial charge in [0.1, 0.15) is 0 Å². The Hall–Kier alpha value is -0.350. The third-order valence-electron chi connectivity index (χ3n) is 3.90. The van der Waals surface area contributed by atoms with Crippen LogP contribution in [0.15, 0.2) is 34.8 Å². The normalized spacial score (nSPS) is 19.6. The van der Waals surface area contributed by atoms with Gasteiger partial charge in [0.25, 0.3) is 0 Å². The van der Waals surface area contributed by atoms with Crippen LogP contribution in [0.1, 0.15) is 47.9 Å². The quantitative estimate of drug-likeness (QED) is 0.710. The second-order valence-electron chi connectivity index (χ2n) is 5.31. The molecule has 0 amide bonds. The molecule has 1 aliphatic carbocycles. The van der Waals surface area contributed by atoms with Gasteiger partial charge in [-0.25, -0.2) is 0 Å². The third kappa shape index (κ3) is 3.11. The Morgan fingerprint density at radius 2 is 2.10 bits per heavy atom. The first kappa shape index (κ1) is 14.6. The van der Waals surface area contributed by atoms with Crippen LogP contribution in [0.25, 0.3) is 0 Å². The van der Waals surface area contributed by atoms with Crippen molar-refractivity contribution in [1.82, 2.24) is 5.32 Å². The van der Waals surface area contributed by atoms with Crippen molar-refractivity contribution in [3.63, 3.8) is 0 Å².